The topological polar surface area (TPSA) is 30.0 Å². The lowest BCUT2D eigenvalue weighted by molar-refractivity contribution is -0.136. The fourth-order valence-electron chi connectivity index (χ4n) is 1.77. The maximum atomic E-state index is 12.8. The number of ketones is 1. The number of aromatic nitrogens is 1. The number of para-hydroxylation sites is 1. The van der Waals surface area contributed by atoms with E-state index in [1.54, 1.807) is 18.2 Å². The van der Waals surface area contributed by atoms with Gasteiger partial charge < -0.3 is 0 Å². The Kier molecular flexibility index (Phi) is 3.07. The van der Waals surface area contributed by atoms with Crippen molar-refractivity contribution in [1.82, 2.24) is 4.98 Å². The molecule has 0 aliphatic heterocycles. The van der Waals surface area contributed by atoms with E-state index in [-0.39, 0.29) is 17.7 Å². The standard InChI is InChI=1S/C13H10F3NO/c1-8(18)7-10-6-5-9-3-2-4-11(12(9)17-10)13(14,15)16/h2-6H,7H2,1H3. The molecular weight excluding hydrogens is 243 g/mol. The molecule has 2 rings (SSSR count). The van der Waals surface area contributed by atoms with Crippen molar-refractivity contribution in [2.24, 2.45) is 0 Å². The molecule has 18 heavy (non-hydrogen) atoms. The smallest absolute Gasteiger partial charge is 0.300 e. The molecule has 0 radical (unpaired) electrons. The van der Waals surface area contributed by atoms with Crippen LogP contribution in [0.2, 0.25) is 0 Å². The lowest BCUT2D eigenvalue weighted by Gasteiger charge is -2.10. The van der Waals surface area contributed by atoms with Crippen molar-refractivity contribution in [1.29, 1.82) is 0 Å². The predicted octanol–water partition coefficient (Wildman–Crippen LogP) is 3.39. The Balaban J connectivity index is 2.62. The monoisotopic (exact) mass is 253 g/mol. The van der Waals surface area contributed by atoms with Gasteiger partial charge >= 0.3 is 6.18 Å². The number of carbonyl (C=O) groups excluding carboxylic acids is 1. The first kappa shape index (κ1) is 12.5. The number of nitrogens with zero attached hydrogens (tertiary/aromatic N) is 1. The van der Waals surface area contributed by atoms with E-state index in [1.807, 2.05) is 0 Å². The van der Waals surface area contributed by atoms with Crippen LogP contribution in [0.25, 0.3) is 10.9 Å². The van der Waals surface area contributed by atoms with E-state index in [0.717, 1.165) is 6.07 Å². The first-order valence-corrected chi connectivity index (χ1v) is 5.33. The van der Waals surface area contributed by atoms with Crippen molar-refractivity contribution in [2.75, 3.05) is 0 Å². The van der Waals surface area contributed by atoms with E-state index < -0.39 is 11.7 Å². The summed E-state index contributed by atoms with van der Waals surface area (Å²) in [5, 5.41) is 0.414. The molecular formula is C13H10F3NO. The molecule has 0 aliphatic carbocycles. The maximum Gasteiger partial charge on any atom is 0.418 e. The van der Waals surface area contributed by atoms with Gasteiger partial charge in [0.05, 0.1) is 11.1 Å². The van der Waals surface area contributed by atoms with Crippen molar-refractivity contribution in [3.8, 4) is 0 Å². The van der Waals surface area contributed by atoms with Gasteiger partial charge in [-0.25, -0.2) is 0 Å². The molecule has 1 aromatic heterocycles. The first-order valence-electron chi connectivity index (χ1n) is 5.33. The maximum absolute atomic E-state index is 12.8. The second-order valence-corrected chi connectivity index (χ2v) is 4.06. The number of Topliss-reactive ketones (excluding diaryl/α,β-unsaturated/α-hetero) is 1. The summed E-state index contributed by atoms with van der Waals surface area (Å²) in [6.45, 7) is 1.38. The number of rotatable bonds is 2. The molecule has 0 saturated heterocycles. The molecule has 94 valence electrons. The highest BCUT2D eigenvalue weighted by Gasteiger charge is 2.33. The minimum atomic E-state index is -4.44. The van der Waals surface area contributed by atoms with Gasteiger partial charge in [-0.05, 0) is 19.1 Å². The molecule has 0 N–H and O–H groups in total. The molecule has 5 heteroatoms. The number of benzene rings is 1. The fraction of sp³-hybridized carbons (Fsp3) is 0.231. The van der Waals surface area contributed by atoms with Gasteiger partial charge in [0.25, 0.3) is 0 Å². The number of halogens is 3. The Morgan fingerprint density at radius 2 is 1.94 bits per heavy atom. The lowest BCUT2D eigenvalue weighted by atomic mass is 10.1. The van der Waals surface area contributed by atoms with E-state index in [4.69, 9.17) is 0 Å². The number of carbonyl (C=O) groups is 1. The molecule has 0 amide bonds. The molecule has 0 fully saturated rings. The van der Waals surface area contributed by atoms with Gasteiger partial charge in [-0.3, -0.25) is 9.78 Å². The first-order chi connectivity index (χ1) is 8.38. The number of pyridine rings is 1. The fourth-order valence-corrected chi connectivity index (χ4v) is 1.77. The number of alkyl halides is 3. The van der Waals surface area contributed by atoms with Crippen molar-refractivity contribution < 1.29 is 18.0 Å². The minimum Gasteiger partial charge on any atom is -0.300 e. The van der Waals surface area contributed by atoms with Crippen molar-refractivity contribution in [2.45, 2.75) is 19.5 Å². The molecule has 0 atom stereocenters. The Morgan fingerprint density at radius 3 is 2.56 bits per heavy atom. The van der Waals surface area contributed by atoms with Crippen LogP contribution in [0.1, 0.15) is 18.2 Å². The third kappa shape index (κ3) is 2.50. The van der Waals surface area contributed by atoms with Crippen molar-refractivity contribution in [3.05, 3.63) is 41.6 Å². The summed E-state index contributed by atoms with van der Waals surface area (Å²) >= 11 is 0. The molecule has 0 unspecified atom stereocenters. The molecule has 0 saturated carbocycles. The zero-order chi connectivity index (χ0) is 13.3. The van der Waals surface area contributed by atoms with Crippen LogP contribution in [0, 0.1) is 0 Å². The Morgan fingerprint density at radius 1 is 1.22 bits per heavy atom. The predicted molar refractivity (Wildman–Crippen MR) is 61.1 cm³/mol. The van der Waals surface area contributed by atoms with Crippen LogP contribution >= 0.6 is 0 Å². The van der Waals surface area contributed by atoms with E-state index in [0.29, 0.717) is 11.1 Å². The average Bonchev–Trinajstić information content (AvgIpc) is 2.26. The van der Waals surface area contributed by atoms with Gasteiger partial charge in [-0.1, -0.05) is 18.2 Å². The summed E-state index contributed by atoms with van der Waals surface area (Å²) in [6.07, 6.45) is -4.40. The highest BCUT2D eigenvalue weighted by atomic mass is 19.4. The second-order valence-electron chi connectivity index (χ2n) is 4.06. The SMILES string of the molecule is CC(=O)Cc1ccc2cccc(C(F)(F)F)c2n1. The molecule has 2 nitrogen and oxygen atoms in total. The van der Waals surface area contributed by atoms with Crippen LogP contribution in [-0.2, 0) is 17.4 Å². The van der Waals surface area contributed by atoms with E-state index >= 15 is 0 Å². The van der Waals surface area contributed by atoms with Gasteiger partial charge in [-0.15, -0.1) is 0 Å². The van der Waals surface area contributed by atoms with Crippen molar-refractivity contribution in [3.63, 3.8) is 0 Å². The number of hydrogen-bond donors (Lipinski definition) is 0. The van der Waals surface area contributed by atoms with Crippen LogP contribution in [0.5, 0.6) is 0 Å². The minimum absolute atomic E-state index is 0.0438. The van der Waals surface area contributed by atoms with Crippen LogP contribution in [-0.4, -0.2) is 10.8 Å². The molecule has 1 aromatic carbocycles. The Hall–Kier alpha value is -1.91. The van der Waals surface area contributed by atoms with Gasteiger partial charge in [0, 0.05) is 17.5 Å². The second kappa shape index (κ2) is 4.40. The van der Waals surface area contributed by atoms with Gasteiger partial charge in [0.2, 0.25) is 0 Å². The highest BCUT2D eigenvalue weighted by Crippen LogP contribution is 2.33. The largest absolute Gasteiger partial charge is 0.418 e. The van der Waals surface area contributed by atoms with Crippen LogP contribution in [0.15, 0.2) is 30.3 Å². The molecule has 2 aromatic rings. The summed E-state index contributed by atoms with van der Waals surface area (Å²) in [5.74, 6) is -0.133. The molecule has 1 heterocycles. The van der Waals surface area contributed by atoms with Crippen LogP contribution in [0.3, 0.4) is 0 Å². The normalized spacial score (nSPS) is 11.8. The molecule has 0 aliphatic rings. The quantitative estimate of drug-likeness (QED) is 0.821. The van der Waals surface area contributed by atoms with Crippen LogP contribution < -0.4 is 0 Å². The Bertz CT molecular complexity index is 605. The number of hydrogen-bond acceptors (Lipinski definition) is 2. The number of fused-ring (bicyclic) bond motifs is 1. The molecule has 0 bridgehead atoms. The van der Waals surface area contributed by atoms with Crippen LogP contribution in [0.4, 0.5) is 13.2 Å². The van der Waals surface area contributed by atoms with Crippen molar-refractivity contribution >= 4 is 16.7 Å². The third-order valence-corrected chi connectivity index (χ3v) is 2.51. The summed E-state index contributed by atoms with van der Waals surface area (Å²) in [4.78, 5) is 14.9. The summed E-state index contributed by atoms with van der Waals surface area (Å²) in [5.41, 5.74) is -0.527. The third-order valence-electron chi connectivity index (χ3n) is 2.51. The van der Waals surface area contributed by atoms with Gasteiger partial charge in [0.1, 0.15) is 5.78 Å². The summed E-state index contributed by atoms with van der Waals surface area (Å²) < 4.78 is 38.4. The lowest BCUT2D eigenvalue weighted by Crippen LogP contribution is -2.07. The average molecular weight is 253 g/mol. The zero-order valence-electron chi connectivity index (χ0n) is 9.58. The van der Waals surface area contributed by atoms with Gasteiger partial charge in [0.15, 0.2) is 0 Å². The highest BCUT2D eigenvalue weighted by molar-refractivity contribution is 5.84. The summed E-state index contributed by atoms with van der Waals surface area (Å²) in [6, 6.07) is 7.03. The zero-order valence-corrected chi connectivity index (χ0v) is 9.58. The van der Waals surface area contributed by atoms with E-state index in [2.05, 4.69) is 4.98 Å². The van der Waals surface area contributed by atoms with E-state index in [9.17, 15) is 18.0 Å². The molecule has 0 spiro atoms. The van der Waals surface area contributed by atoms with Gasteiger partial charge in [-0.2, -0.15) is 13.2 Å². The van der Waals surface area contributed by atoms with E-state index in [1.165, 1.54) is 13.0 Å². The summed E-state index contributed by atoms with van der Waals surface area (Å²) in [7, 11) is 0. The Labute approximate surface area is 101 Å².